The number of anilines is 2. The minimum Gasteiger partial charge on any atom is -0.378 e. The van der Waals surface area contributed by atoms with E-state index in [1.54, 1.807) is 6.07 Å². The molecule has 0 saturated carbocycles. The second-order valence-corrected chi connectivity index (χ2v) is 10.7. The molecule has 164 valence electrons. The zero-order chi connectivity index (χ0) is 22.5. The molecule has 3 aromatic carbocycles. The first kappa shape index (κ1) is 20.8. The van der Waals surface area contributed by atoms with Crippen LogP contribution < -0.4 is 10.0 Å². The van der Waals surface area contributed by atoms with Gasteiger partial charge in [0.25, 0.3) is 10.0 Å². The monoisotopic (exact) mass is 444 g/mol. The summed E-state index contributed by atoms with van der Waals surface area (Å²) in [5, 5.41) is 3.70. The first-order valence-electron chi connectivity index (χ1n) is 11.1. The van der Waals surface area contributed by atoms with Gasteiger partial charge in [-0.3, -0.25) is 4.72 Å². The van der Waals surface area contributed by atoms with E-state index < -0.39 is 10.0 Å². The van der Waals surface area contributed by atoms with Crippen molar-refractivity contribution in [2.24, 2.45) is 5.92 Å². The molecule has 3 aromatic rings. The fourth-order valence-corrected chi connectivity index (χ4v) is 6.04. The molecule has 0 bridgehead atoms. The summed E-state index contributed by atoms with van der Waals surface area (Å²) in [5.41, 5.74) is 7.36. The van der Waals surface area contributed by atoms with E-state index in [0.29, 0.717) is 16.5 Å². The lowest BCUT2D eigenvalue weighted by molar-refractivity contribution is 0.425. The number of rotatable bonds is 4. The number of benzene rings is 3. The third-order valence-corrected chi connectivity index (χ3v) is 8.18. The molecule has 0 amide bonds. The van der Waals surface area contributed by atoms with Crippen molar-refractivity contribution in [3.63, 3.8) is 0 Å². The van der Waals surface area contributed by atoms with Crippen molar-refractivity contribution in [1.82, 2.24) is 0 Å². The standard InChI is InChI=1S/C27H28N2O2S/c1-17-6-4-7-20(14-17)27-24-9-5-8-23(24)25-16-22(12-13-26(25)28-27)32(30,31)29-21-11-10-18(2)19(3)15-21/h4-8,10-16,23-24,27-29H,9H2,1-3H3. The average Bonchev–Trinajstić information content (AvgIpc) is 3.25. The topological polar surface area (TPSA) is 58.2 Å². The minimum absolute atomic E-state index is 0.202. The van der Waals surface area contributed by atoms with Gasteiger partial charge in [0.15, 0.2) is 0 Å². The highest BCUT2D eigenvalue weighted by molar-refractivity contribution is 7.92. The van der Waals surface area contributed by atoms with Crippen molar-refractivity contribution < 1.29 is 8.42 Å². The molecule has 2 N–H and O–H groups in total. The van der Waals surface area contributed by atoms with E-state index in [1.807, 2.05) is 44.2 Å². The number of fused-ring (bicyclic) bond motifs is 3. The Hall–Kier alpha value is -3.05. The van der Waals surface area contributed by atoms with Gasteiger partial charge in [0.1, 0.15) is 0 Å². The highest BCUT2D eigenvalue weighted by Crippen LogP contribution is 2.50. The highest BCUT2D eigenvalue weighted by Gasteiger charge is 2.38. The van der Waals surface area contributed by atoms with Crippen molar-refractivity contribution in [3.8, 4) is 0 Å². The lowest BCUT2D eigenvalue weighted by atomic mass is 9.77. The molecule has 0 radical (unpaired) electrons. The minimum atomic E-state index is -3.68. The van der Waals surface area contributed by atoms with Crippen LogP contribution in [-0.2, 0) is 10.0 Å². The van der Waals surface area contributed by atoms with Gasteiger partial charge in [-0.15, -0.1) is 0 Å². The summed E-state index contributed by atoms with van der Waals surface area (Å²) in [7, 11) is -3.68. The molecule has 3 unspecified atom stereocenters. The quantitative estimate of drug-likeness (QED) is 0.468. The number of hydrogen-bond donors (Lipinski definition) is 2. The van der Waals surface area contributed by atoms with Gasteiger partial charge in [-0.05, 0) is 85.7 Å². The summed E-state index contributed by atoms with van der Waals surface area (Å²) in [6.45, 7) is 6.11. The number of hydrogen-bond acceptors (Lipinski definition) is 3. The predicted octanol–water partition coefficient (Wildman–Crippen LogP) is 6.24. The van der Waals surface area contributed by atoms with Crippen LogP contribution in [0.25, 0.3) is 0 Å². The summed E-state index contributed by atoms with van der Waals surface area (Å²) < 4.78 is 29.0. The predicted molar refractivity (Wildman–Crippen MR) is 131 cm³/mol. The third-order valence-electron chi connectivity index (χ3n) is 6.80. The first-order chi connectivity index (χ1) is 15.3. The van der Waals surface area contributed by atoms with Gasteiger partial charge in [0, 0.05) is 17.3 Å². The van der Waals surface area contributed by atoms with Crippen molar-refractivity contribution in [3.05, 3.63) is 101 Å². The molecule has 2 aliphatic rings. The molecule has 5 rings (SSSR count). The van der Waals surface area contributed by atoms with Crippen molar-refractivity contribution >= 4 is 21.4 Å². The first-order valence-corrected chi connectivity index (χ1v) is 12.5. The van der Waals surface area contributed by atoms with E-state index in [2.05, 4.69) is 53.4 Å². The summed E-state index contributed by atoms with van der Waals surface area (Å²) in [4.78, 5) is 0.296. The average molecular weight is 445 g/mol. The van der Waals surface area contributed by atoms with Gasteiger partial charge in [0.2, 0.25) is 0 Å². The maximum absolute atomic E-state index is 13.1. The maximum Gasteiger partial charge on any atom is 0.261 e. The second-order valence-electron chi connectivity index (χ2n) is 9.04. The molecular weight excluding hydrogens is 416 g/mol. The van der Waals surface area contributed by atoms with Crippen LogP contribution in [-0.4, -0.2) is 8.42 Å². The van der Waals surface area contributed by atoms with Crippen LogP contribution >= 0.6 is 0 Å². The van der Waals surface area contributed by atoms with Crippen molar-refractivity contribution in [2.75, 3.05) is 10.0 Å². The van der Waals surface area contributed by atoms with Crippen LogP contribution in [0.2, 0.25) is 0 Å². The highest BCUT2D eigenvalue weighted by atomic mass is 32.2. The van der Waals surface area contributed by atoms with Gasteiger partial charge >= 0.3 is 0 Å². The van der Waals surface area contributed by atoms with E-state index in [1.165, 1.54) is 11.1 Å². The summed E-state index contributed by atoms with van der Waals surface area (Å²) in [6, 6.07) is 19.9. The molecule has 0 saturated heterocycles. The van der Waals surface area contributed by atoms with E-state index in [9.17, 15) is 8.42 Å². The molecule has 0 fully saturated rings. The number of allylic oxidation sites excluding steroid dienone is 2. The van der Waals surface area contributed by atoms with Gasteiger partial charge in [-0.25, -0.2) is 8.42 Å². The van der Waals surface area contributed by atoms with Crippen LogP contribution in [0.3, 0.4) is 0 Å². The van der Waals surface area contributed by atoms with Gasteiger partial charge in [-0.2, -0.15) is 0 Å². The smallest absolute Gasteiger partial charge is 0.261 e. The second kappa shape index (κ2) is 7.82. The number of aryl methyl sites for hydroxylation is 3. The van der Waals surface area contributed by atoms with Crippen LogP contribution in [0.4, 0.5) is 11.4 Å². The zero-order valence-corrected chi connectivity index (χ0v) is 19.4. The lowest BCUT2D eigenvalue weighted by Gasteiger charge is -2.37. The Morgan fingerprint density at radius 2 is 1.78 bits per heavy atom. The van der Waals surface area contributed by atoms with Crippen LogP contribution in [0.1, 0.15) is 46.2 Å². The molecule has 4 nitrogen and oxygen atoms in total. The fourth-order valence-electron chi connectivity index (χ4n) is 4.95. The Morgan fingerprint density at radius 1 is 0.938 bits per heavy atom. The largest absolute Gasteiger partial charge is 0.378 e. The molecule has 0 aromatic heterocycles. The Bertz CT molecular complexity index is 1330. The summed E-state index contributed by atoms with van der Waals surface area (Å²) in [6.07, 6.45) is 5.44. The van der Waals surface area contributed by atoms with Crippen molar-refractivity contribution in [2.45, 2.75) is 44.0 Å². The Morgan fingerprint density at radius 3 is 2.56 bits per heavy atom. The Balaban J connectivity index is 1.49. The summed E-state index contributed by atoms with van der Waals surface area (Å²) >= 11 is 0. The molecule has 5 heteroatoms. The lowest BCUT2D eigenvalue weighted by Crippen LogP contribution is -2.29. The van der Waals surface area contributed by atoms with Crippen LogP contribution in [0, 0.1) is 26.7 Å². The van der Waals surface area contributed by atoms with Crippen molar-refractivity contribution in [1.29, 1.82) is 0 Å². The third kappa shape index (κ3) is 3.71. The number of nitrogens with one attached hydrogen (secondary N) is 2. The number of sulfonamides is 1. The van der Waals surface area contributed by atoms with Gasteiger partial charge < -0.3 is 5.32 Å². The molecule has 32 heavy (non-hydrogen) atoms. The molecule has 1 aliphatic heterocycles. The molecule has 0 spiro atoms. The van der Waals surface area contributed by atoms with Crippen LogP contribution in [0.15, 0.2) is 77.7 Å². The van der Waals surface area contributed by atoms with E-state index in [0.717, 1.165) is 28.8 Å². The fraction of sp³-hybridized carbons (Fsp3) is 0.259. The summed E-state index contributed by atoms with van der Waals surface area (Å²) in [5.74, 6) is 0.573. The molecule has 1 heterocycles. The van der Waals surface area contributed by atoms with E-state index in [4.69, 9.17) is 0 Å². The van der Waals surface area contributed by atoms with Crippen LogP contribution in [0.5, 0.6) is 0 Å². The SMILES string of the molecule is Cc1cccc(C2Nc3ccc(S(=O)(=O)Nc4ccc(C)c(C)c4)cc3C3C=CCC32)c1. The van der Waals surface area contributed by atoms with E-state index >= 15 is 0 Å². The Labute approximate surface area is 190 Å². The van der Waals surface area contributed by atoms with E-state index in [-0.39, 0.29) is 12.0 Å². The zero-order valence-electron chi connectivity index (χ0n) is 18.6. The van der Waals surface area contributed by atoms with Gasteiger partial charge in [0.05, 0.1) is 10.9 Å². The Kier molecular flexibility index (Phi) is 5.09. The normalized spacial score (nSPS) is 21.5. The molecule has 3 atom stereocenters. The maximum atomic E-state index is 13.1. The van der Waals surface area contributed by atoms with Gasteiger partial charge in [-0.1, -0.05) is 48.0 Å². The molecular formula is C27H28N2O2S. The molecule has 1 aliphatic carbocycles.